The van der Waals surface area contributed by atoms with Crippen LogP contribution in [-0.2, 0) is 11.0 Å². The topological polar surface area (TPSA) is 20.3 Å². The van der Waals surface area contributed by atoms with Gasteiger partial charge in [0.1, 0.15) is 17.7 Å². The fraction of sp³-hybridized carbons (Fsp3) is 0.333. The molecule has 0 fully saturated rings. The van der Waals surface area contributed by atoms with Crippen molar-refractivity contribution in [1.82, 2.24) is 4.31 Å². The minimum absolute atomic E-state index is 0.165. The summed E-state index contributed by atoms with van der Waals surface area (Å²) in [5, 5.41) is 0.596. The Kier molecular flexibility index (Phi) is 5.69. The molecule has 6 heteroatoms. The molecule has 1 aromatic rings. The molecule has 2 unspecified atom stereocenters. The third-order valence-electron chi connectivity index (χ3n) is 1.79. The quantitative estimate of drug-likeness (QED) is 0.751. The molecule has 0 aliphatic rings. The molecule has 0 aromatic heterocycles. The standard InChI is InChI=1S/C9H12ClFNOPS/c10-8-1-3-9(4-2-8)15(13)12(7-14)6-5-11/h1-4H,5-7,14H2. The summed E-state index contributed by atoms with van der Waals surface area (Å²) < 4.78 is 25.6. The van der Waals surface area contributed by atoms with Gasteiger partial charge >= 0.3 is 0 Å². The van der Waals surface area contributed by atoms with Crippen LogP contribution in [-0.4, -0.2) is 28.0 Å². The fourth-order valence-corrected chi connectivity index (χ4v) is 2.79. The number of hydrogen-bond acceptors (Lipinski definition) is 1. The van der Waals surface area contributed by atoms with Gasteiger partial charge in [-0.15, -0.1) is 9.24 Å². The van der Waals surface area contributed by atoms with E-state index in [0.29, 0.717) is 16.2 Å². The summed E-state index contributed by atoms with van der Waals surface area (Å²) in [6.45, 7) is -0.341. The Balaban J connectivity index is 2.78. The van der Waals surface area contributed by atoms with E-state index in [0.717, 1.165) is 0 Å². The van der Waals surface area contributed by atoms with Crippen molar-refractivity contribution >= 4 is 31.8 Å². The molecule has 0 N–H and O–H groups in total. The van der Waals surface area contributed by atoms with Crippen LogP contribution in [0.15, 0.2) is 29.2 Å². The number of benzene rings is 1. The first-order valence-corrected chi connectivity index (χ1v) is 6.67. The monoisotopic (exact) mass is 267 g/mol. The van der Waals surface area contributed by atoms with Crippen molar-refractivity contribution in [2.24, 2.45) is 0 Å². The first-order chi connectivity index (χ1) is 7.19. The Bertz CT molecular complexity index is 335. The summed E-state index contributed by atoms with van der Waals surface area (Å²) in [7, 11) is 1.12. The van der Waals surface area contributed by atoms with Gasteiger partial charge in [-0.1, -0.05) is 11.6 Å². The SMILES string of the molecule is O=S(c1ccc(Cl)cc1)N(CP)CCF. The second kappa shape index (κ2) is 6.54. The van der Waals surface area contributed by atoms with Crippen LogP contribution < -0.4 is 0 Å². The van der Waals surface area contributed by atoms with Crippen molar-refractivity contribution in [1.29, 1.82) is 0 Å². The predicted octanol–water partition coefficient (Wildman–Crippen LogP) is 2.47. The second-order valence-electron chi connectivity index (χ2n) is 2.78. The Morgan fingerprint density at radius 3 is 2.47 bits per heavy atom. The third kappa shape index (κ3) is 3.80. The molecule has 0 heterocycles. The van der Waals surface area contributed by atoms with Crippen LogP contribution in [0.2, 0.25) is 5.02 Å². The lowest BCUT2D eigenvalue weighted by atomic mass is 10.4. The van der Waals surface area contributed by atoms with Gasteiger partial charge in [0.05, 0.1) is 4.90 Å². The molecule has 0 saturated heterocycles. The zero-order valence-corrected chi connectivity index (χ0v) is 10.8. The molecule has 0 amide bonds. The molecule has 2 nitrogen and oxygen atoms in total. The number of nitrogens with zero attached hydrogens (tertiary/aromatic N) is 1. The maximum absolute atomic E-state index is 12.2. The van der Waals surface area contributed by atoms with Crippen LogP contribution in [0.4, 0.5) is 4.39 Å². The molecule has 15 heavy (non-hydrogen) atoms. The number of halogens is 2. The smallest absolute Gasteiger partial charge is 0.128 e. The summed E-state index contributed by atoms with van der Waals surface area (Å²) in [6, 6.07) is 6.71. The van der Waals surface area contributed by atoms with Crippen molar-refractivity contribution in [3.63, 3.8) is 0 Å². The van der Waals surface area contributed by atoms with Crippen molar-refractivity contribution in [2.45, 2.75) is 4.90 Å². The average Bonchev–Trinajstić information content (AvgIpc) is 2.26. The van der Waals surface area contributed by atoms with E-state index in [4.69, 9.17) is 11.6 Å². The first kappa shape index (κ1) is 13.0. The van der Waals surface area contributed by atoms with Gasteiger partial charge in [-0.05, 0) is 24.3 Å². The number of alkyl halides is 1. The highest BCUT2D eigenvalue weighted by Gasteiger charge is 2.12. The van der Waals surface area contributed by atoms with Gasteiger partial charge in [0.15, 0.2) is 0 Å². The van der Waals surface area contributed by atoms with Gasteiger partial charge in [-0.25, -0.2) is 12.9 Å². The second-order valence-corrected chi connectivity index (χ2v) is 5.07. The van der Waals surface area contributed by atoms with Crippen molar-refractivity contribution in [3.05, 3.63) is 29.3 Å². The Hall–Kier alpha value is -0.0200. The van der Waals surface area contributed by atoms with E-state index in [1.807, 2.05) is 0 Å². The lowest BCUT2D eigenvalue weighted by molar-refractivity contribution is 0.404. The zero-order chi connectivity index (χ0) is 11.3. The minimum Gasteiger partial charge on any atom is -0.250 e. The third-order valence-corrected chi connectivity index (χ3v) is 4.22. The molecule has 0 spiro atoms. The van der Waals surface area contributed by atoms with E-state index in [9.17, 15) is 8.60 Å². The van der Waals surface area contributed by atoms with Crippen LogP contribution in [0.1, 0.15) is 0 Å². The van der Waals surface area contributed by atoms with Gasteiger partial charge in [0.25, 0.3) is 0 Å². The van der Waals surface area contributed by atoms with E-state index in [1.54, 1.807) is 24.3 Å². The van der Waals surface area contributed by atoms with E-state index >= 15 is 0 Å². The molecule has 2 atom stereocenters. The van der Waals surface area contributed by atoms with Crippen molar-refractivity contribution in [2.75, 3.05) is 19.5 Å². The van der Waals surface area contributed by atoms with Gasteiger partial charge in [-0.2, -0.15) is 0 Å². The van der Waals surface area contributed by atoms with Gasteiger partial charge < -0.3 is 0 Å². The molecule has 1 aromatic carbocycles. The molecular weight excluding hydrogens is 256 g/mol. The maximum Gasteiger partial charge on any atom is 0.128 e. The molecule has 0 saturated carbocycles. The van der Waals surface area contributed by atoms with Crippen LogP contribution in [0.25, 0.3) is 0 Å². The lowest BCUT2D eigenvalue weighted by Gasteiger charge is -2.17. The molecule has 0 aliphatic carbocycles. The van der Waals surface area contributed by atoms with Crippen molar-refractivity contribution < 1.29 is 8.60 Å². The number of rotatable bonds is 5. The molecule has 1 rings (SSSR count). The van der Waals surface area contributed by atoms with Crippen LogP contribution in [0.3, 0.4) is 0 Å². The van der Waals surface area contributed by atoms with Gasteiger partial charge in [0, 0.05) is 17.9 Å². The van der Waals surface area contributed by atoms with E-state index in [2.05, 4.69) is 9.24 Å². The molecule has 0 bridgehead atoms. The van der Waals surface area contributed by atoms with Crippen molar-refractivity contribution in [3.8, 4) is 0 Å². The molecular formula is C9H12ClFNOPS. The molecule has 0 aliphatic heterocycles. The lowest BCUT2D eigenvalue weighted by Crippen LogP contribution is -2.26. The molecule has 0 radical (unpaired) electrons. The van der Waals surface area contributed by atoms with E-state index in [1.165, 1.54) is 4.31 Å². The highest BCUT2D eigenvalue weighted by atomic mass is 35.5. The Labute approximate surface area is 98.6 Å². The maximum atomic E-state index is 12.2. The average molecular weight is 268 g/mol. The fourth-order valence-electron chi connectivity index (χ4n) is 1.04. The molecule has 84 valence electrons. The minimum atomic E-state index is -1.32. The highest BCUT2D eigenvalue weighted by Crippen LogP contribution is 2.15. The summed E-state index contributed by atoms with van der Waals surface area (Å²) in [5.41, 5.74) is 0. The highest BCUT2D eigenvalue weighted by molar-refractivity contribution is 7.82. The summed E-state index contributed by atoms with van der Waals surface area (Å²) in [5.74, 6) is 0. The van der Waals surface area contributed by atoms with Gasteiger partial charge in [-0.3, -0.25) is 0 Å². The predicted molar refractivity (Wildman–Crippen MR) is 65.1 cm³/mol. The van der Waals surface area contributed by atoms with Gasteiger partial charge in [0.2, 0.25) is 0 Å². The van der Waals surface area contributed by atoms with E-state index in [-0.39, 0.29) is 6.54 Å². The van der Waals surface area contributed by atoms with E-state index < -0.39 is 17.7 Å². The Morgan fingerprint density at radius 1 is 1.40 bits per heavy atom. The Morgan fingerprint density at radius 2 is 2.00 bits per heavy atom. The van der Waals surface area contributed by atoms with Crippen LogP contribution in [0, 0.1) is 0 Å². The summed E-state index contributed by atoms with van der Waals surface area (Å²) >= 11 is 5.71. The normalized spacial score (nSPS) is 13.1. The number of hydrogen-bond donors (Lipinski definition) is 0. The zero-order valence-electron chi connectivity index (χ0n) is 8.03. The van der Waals surface area contributed by atoms with Crippen LogP contribution in [0.5, 0.6) is 0 Å². The van der Waals surface area contributed by atoms with Crippen LogP contribution >= 0.6 is 20.8 Å². The summed E-state index contributed by atoms with van der Waals surface area (Å²) in [4.78, 5) is 0.635. The largest absolute Gasteiger partial charge is 0.250 e. The first-order valence-electron chi connectivity index (χ1n) is 4.37. The summed E-state index contributed by atoms with van der Waals surface area (Å²) in [6.07, 6.45) is 0.471.